The van der Waals surface area contributed by atoms with Crippen LogP contribution in [0, 0.1) is 0 Å². The molecule has 0 aliphatic carbocycles. The van der Waals surface area contributed by atoms with E-state index in [2.05, 4.69) is 67.4 Å². The van der Waals surface area contributed by atoms with E-state index in [0.29, 0.717) is 0 Å². The average molecular weight is 228 g/mol. The number of nitrogens with zero attached hydrogens (tertiary/aromatic N) is 1. The van der Waals surface area contributed by atoms with Gasteiger partial charge in [0.05, 0.1) is 0 Å². The Morgan fingerprint density at radius 3 is 2.29 bits per heavy atom. The summed E-state index contributed by atoms with van der Waals surface area (Å²) in [5.41, 5.74) is 5.17. The maximum absolute atomic E-state index is 3.32. The molecule has 90 valence electrons. The van der Waals surface area contributed by atoms with Crippen LogP contribution in [0.15, 0.2) is 36.5 Å². The van der Waals surface area contributed by atoms with Crippen LogP contribution in [-0.4, -0.2) is 24.0 Å². The summed E-state index contributed by atoms with van der Waals surface area (Å²) in [6.07, 6.45) is 3.16. The van der Waals surface area contributed by atoms with Crippen molar-refractivity contribution in [2.45, 2.75) is 19.9 Å². The van der Waals surface area contributed by atoms with E-state index in [0.717, 1.165) is 13.0 Å². The van der Waals surface area contributed by atoms with Gasteiger partial charge in [-0.25, -0.2) is 0 Å². The topological polar surface area (TPSA) is 19.0 Å². The van der Waals surface area contributed by atoms with Crippen molar-refractivity contribution in [3.63, 3.8) is 0 Å². The first kappa shape index (κ1) is 11.9. The van der Waals surface area contributed by atoms with Crippen molar-refractivity contribution in [3.8, 4) is 11.3 Å². The lowest BCUT2D eigenvalue weighted by Crippen LogP contribution is -2.10. The van der Waals surface area contributed by atoms with Gasteiger partial charge in [0, 0.05) is 18.4 Å². The van der Waals surface area contributed by atoms with Gasteiger partial charge < -0.3 is 9.88 Å². The maximum Gasteiger partial charge on any atom is 0.0456 e. The molecule has 1 heterocycles. The summed E-state index contributed by atoms with van der Waals surface area (Å²) in [4.78, 5) is 5.50. The van der Waals surface area contributed by atoms with Gasteiger partial charge in [-0.1, -0.05) is 31.2 Å². The second-order valence-electron chi connectivity index (χ2n) is 4.71. The van der Waals surface area contributed by atoms with Gasteiger partial charge in [-0.2, -0.15) is 0 Å². The van der Waals surface area contributed by atoms with E-state index < -0.39 is 0 Å². The number of rotatable bonds is 4. The predicted octanol–water partition coefficient (Wildman–Crippen LogP) is 3.31. The van der Waals surface area contributed by atoms with Crippen molar-refractivity contribution >= 4 is 0 Å². The molecule has 0 unspecified atom stereocenters. The first-order valence-electron chi connectivity index (χ1n) is 6.10. The summed E-state index contributed by atoms with van der Waals surface area (Å²) in [6, 6.07) is 11.0. The number of aromatic amines is 1. The molecule has 1 aromatic heterocycles. The Balaban J connectivity index is 2.17. The highest BCUT2D eigenvalue weighted by Gasteiger charge is 2.01. The summed E-state index contributed by atoms with van der Waals surface area (Å²) in [5, 5.41) is 0. The minimum atomic E-state index is 0.991. The zero-order valence-electron chi connectivity index (χ0n) is 10.8. The number of nitrogens with one attached hydrogen (secondary N) is 1. The summed E-state index contributed by atoms with van der Waals surface area (Å²) in [5.74, 6) is 0. The second-order valence-corrected chi connectivity index (χ2v) is 4.71. The first-order valence-corrected chi connectivity index (χ1v) is 6.10. The molecule has 1 aromatic carbocycles. The third kappa shape index (κ3) is 2.98. The monoisotopic (exact) mass is 228 g/mol. The summed E-state index contributed by atoms with van der Waals surface area (Å²) >= 11 is 0. The largest absolute Gasteiger partial charge is 0.361 e. The molecule has 0 saturated heterocycles. The molecular formula is C15H20N2. The summed E-state index contributed by atoms with van der Waals surface area (Å²) < 4.78 is 0. The minimum absolute atomic E-state index is 0.991. The molecule has 17 heavy (non-hydrogen) atoms. The van der Waals surface area contributed by atoms with Crippen LogP contribution in [0.1, 0.15) is 18.1 Å². The highest BCUT2D eigenvalue weighted by Crippen LogP contribution is 2.20. The van der Waals surface area contributed by atoms with E-state index in [9.17, 15) is 0 Å². The minimum Gasteiger partial charge on any atom is -0.361 e. The van der Waals surface area contributed by atoms with E-state index in [1.165, 1.54) is 22.4 Å². The average Bonchev–Trinajstić information content (AvgIpc) is 2.78. The zero-order chi connectivity index (χ0) is 12.3. The van der Waals surface area contributed by atoms with Crippen molar-refractivity contribution in [2.75, 3.05) is 14.1 Å². The molecule has 0 spiro atoms. The van der Waals surface area contributed by atoms with Gasteiger partial charge in [0.15, 0.2) is 0 Å². The third-order valence-electron chi connectivity index (χ3n) is 2.91. The highest BCUT2D eigenvalue weighted by atomic mass is 15.0. The Labute approximate surface area is 103 Å². The molecule has 2 heteroatoms. The first-order chi connectivity index (χ1) is 8.19. The van der Waals surface area contributed by atoms with Crippen molar-refractivity contribution in [3.05, 3.63) is 47.7 Å². The van der Waals surface area contributed by atoms with E-state index in [1.54, 1.807) is 0 Å². The van der Waals surface area contributed by atoms with Crippen LogP contribution in [0.25, 0.3) is 11.3 Å². The van der Waals surface area contributed by atoms with Crippen molar-refractivity contribution in [1.82, 2.24) is 9.88 Å². The van der Waals surface area contributed by atoms with E-state index in [-0.39, 0.29) is 0 Å². The summed E-state index contributed by atoms with van der Waals surface area (Å²) in [7, 11) is 4.18. The molecule has 0 bridgehead atoms. The van der Waals surface area contributed by atoms with Gasteiger partial charge in [0.2, 0.25) is 0 Å². The van der Waals surface area contributed by atoms with Crippen LogP contribution in [-0.2, 0) is 13.0 Å². The van der Waals surface area contributed by atoms with Gasteiger partial charge in [-0.05, 0) is 43.3 Å². The quantitative estimate of drug-likeness (QED) is 0.850. The number of H-pyrrole nitrogens is 1. The van der Waals surface area contributed by atoms with Crippen LogP contribution in [0.4, 0.5) is 0 Å². The molecule has 0 fully saturated rings. The van der Waals surface area contributed by atoms with Crippen molar-refractivity contribution in [1.29, 1.82) is 0 Å². The van der Waals surface area contributed by atoms with Crippen LogP contribution in [0.2, 0.25) is 0 Å². The molecule has 2 rings (SSSR count). The molecule has 0 aliphatic rings. The van der Waals surface area contributed by atoms with Gasteiger partial charge in [-0.15, -0.1) is 0 Å². The fourth-order valence-corrected chi connectivity index (χ4v) is 1.96. The normalized spacial score (nSPS) is 11.1. The van der Waals surface area contributed by atoms with Crippen LogP contribution in [0.3, 0.4) is 0 Å². The number of aromatic nitrogens is 1. The lowest BCUT2D eigenvalue weighted by Gasteiger charge is -2.09. The molecule has 1 N–H and O–H groups in total. The van der Waals surface area contributed by atoms with E-state index in [1.807, 2.05) is 0 Å². The molecule has 0 aliphatic heterocycles. The van der Waals surface area contributed by atoms with Gasteiger partial charge in [0.25, 0.3) is 0 Å². The number of hydrogen-bond acceptors (Lipinski definition) is 1. The fourth-order valence-electron chi connectivity index (χ4n) is 1.96. The lowest BCUT2D eigenvalue weighted by atomic mass is 10.1. The van der Waals surface area contributed by atoms with Crippen LogP contribution < -0.4 is 0 Å². The molecule has 0 radical (unpaired) electrons. The Bertz CT molecular complexity index is 466. The predicted molar refractivity (Wildman–Crippen MR) is 73.0 cm³/mol. The molecular weight excluding hydrogens is 208 g/mol. The number of benzene rings is 1. The van der Waals surface area contributed by atoms with Gasteiger partial charge >= 0.3 is 0 Å². The third-order valence-corrected chi connectivity index (χ3v) is 2.91. The maximum atomic E-state index is 3.32. The van der Waals surface area contributed by atoms with Gasteiger partial charge in [-0.3, -0.25) is 0 Å². The smallest absolute Gasteiger partial charge is 0.0456 e. The molecule has 0 amide bonds. The Morgan fingerprint density at radius 2 is 1.76 bits per heavy atom. The molecule has 2 nitrogen and oxygen atoms in total. The lowest BCUT2D eigenvalue weighted by molar-refractivity contribution is 0.402. The molecule has 0 atom stereocenters. The number of hydrogen-bond donors (Lipinski definition) is 1. The Kier molecular flexibility index (Phi) is 3.64. The number of aryl methyl sites for hydroxylation is 1. The molecule has 0 saturated carbocycles. The van der Waals surface area contributed by atoms with E-state index >= 15 is 0 Å². The standard InChI is InChI=1S/C15H20N2/c1-4-12-9-15(16-10-12)14-7-5-13(6-8-14)11-17(2)3/h5-10,16H,4,11H2,1-3H3. The van der Waals surface area contributed by atoms with Crippen LogP contribution >= 0.6 is 0 Å². The second kappa shape index (κ2) is 5.19. The Morgan fingerprint density at radius 1 is 1.06 bits per heavy atom. The van der Waals surface area contributed by atoms with Gasteiger partial charge in [0.1, 0.15) is 0 Å². The van der Waals surface area contributed by atoms with Crippen molar-refractivity contribution in [2.24, 2.45) is 0 Å². The van der Waals surface area contributed by atoms with Crippen molar-refractivity contribution < 1.29 is 0 Å². The van der Waals surface area contributed by atoms with E-state index in [4.69, 9.17) is 0 Å². The van der Waals surface area contributed by atoms with Crippen LogP contribution in [0.5, 0.6) is 0 Å². The summed E-state index contributed by atoms with van der Waals surface area (Å²) in [6.45, 7) is 3.17. The highest BCUT2D eigenvalue weighted by molar-refractivity contribution is 5.60. The Hall–Kier alpha value is -1.54. The fraction of sp³-hybridized carbons (Fsp3) is 0.333. The SMILES string of the molecule is CCc1c[nH]c(-c2ccc(CN(C)C)cc2)c1. The zero-order valence-corrected chi connectivity index (χ0v) is 10.8. The molecule has 2 aromatic rings.